The van der Waals surface area contributed by atoms with E-state index in [2.05, 4.69) is 11.8 Å². The van der Waals surface area contributed by atoms with E-state index in [9.17, 15) is 9.59 Å². The maximum atomic E-state index is 12.4. The van der Waals surface area contributed by atoms with Crippen LogP contribution in [0.2, 0.25) is 0 Å². The molecule has 20 heavy (non-hydrogen) atoms. The van der Waals surface area contributed by atoms with E-state index in [0.717, 1.165) is 38.5 Å². The fourth-order valence-electron chi connectivity index (χ4n) is 3.94. The van der Waals surface area contributed by atoms with Crippen LogP contribution >= 0.6 is 0 Å². The zero-order valence-electron chi connectivity index (χ0n) is 12.5. The summed E-state index contributed by atoms with van der Waals surface area (Å²) in [6.07, 6.45) is 9.42. The van der Waals surface area contributed by atoms with Gasteiger partial charge in [0.05, 0.1) is 0 Å². The van der Waals surface area contributed by atoms with Gasteiger partial charge in [-0.05, 0) is 38.0 Å². The molecule has 2 unspecified atom stereocenters. The van der Waals surface area contributed by atoms with Crippen molar-refractivity contribution in [3.8, 4) is 0 Å². The number of carbonyl (C=O) groups excluding carboxylic acids is 1. The third kappa shape index (κ3) is 3.74. The number of fused-ring (bicyclic) bond motifs is 2. The van der Waals surface area contributed by atoms with Gasteiger partial charge in [-0.1, -0.05) is 26.2 Å². The minimum atomic E-state index is -0.700. The van der Waals surface area contributed by atoms with Gasteiger partial charge in [0.25, 0.3) is 0 Å². The van der Waals surface area contributed by atoms with Crippen LogP contribution in [0.3, 0.4) is 0 Å². The van der Waals surface area contributed by atoms with Crippen LogP contribution in [0, 0.1) is 5.92 Å². The molecule has 0 aliphatic carbocycles. The number of nitrogens with zero attached hydrogens (tertiary/aromatic N) is 1. The second kappa shape index (κ2) is 7.09. The number of piperidine rings is 1. The molecule has 2 heterocycles. The van der Waals surface area contributed by atoms with Crippen LogP contribution in [0.15, 0.2) is 0 Å². The number of hydrogen-bond donors (Lipinski definition) is 1. The molecule has 0 aromatic heterocycles. The van der Waals surface area contributed by atoms with Crippen molar-refractivity contribution in [2.24, 2.45) is 5.92 Å². The number of amides is 1. The van der Waals surface area contributed by atoms with Crippen molar-refractivity contribution in [2.45, 2.75) is 83.2 Å². The molecule has 0 aromatic rings. The van der Waals surface area contributed by atoms with Crippen molar-refractivity contribution in [1.29, 1.82) is 0 Å². The number of carboxylic acids is 1. The van der Waals surface area contributed by atoms with Crippen LogP contribution in [0.5, 0.6) is 0 Å². The van der Waals surface area contributed by atoms with E-state index in [1.54, 1.807) is 0 Å². The number of aliphatic carboxylic acids is 1. The van der Waals surface area contributed by atoms with E-state index < -0.39 is 5.97 Å². The Morgan fingerprint density at radius 3 is 2.30 bits per heavy atom. The highest BCUT2D eigenvalue weighted by atomic mass is 16.4. The summed E-state index contributed by atoms with van der Waals surface area (Å²) in [5.41, 5.74) is 0. The molecular formula is C16H27NO3. The van der Waals surface area contributed by atoms with Gasteiger partial charge in [0, 0.05) is 24.9 Å². The van der Waals surface area contributed by atoms with Crippen LogP contribution < -0.4 is 0 Å². The van der Waals surface area contributed by atoms with Gasteiger partial charge in [0.1, 0.15) is 0 Å². The topological polar surface area (TPSA) is 57.6 Å². The molecule has 0 spiro atoms. The van der Waals surface area contributed by atoms with Gasteiger partial charge < -0.3 is 10.0 Å². The van der Waals surface area contributed by atoms with Crippen molar-refractivity contribution >= 4 is 11.9 Å². The van der Waals surface area contributed by atoms with E-state index in [0.29, 0.717) is 24.4 Å². The van der Waals surface area contributed by atoms with Crippen LogP contribution in [0.1, 0.15) is 71.1 Å². The molecule has 0 aromatic carbocycles. The molecular weight excluding hydrogens is 254 g/mol. The quantitative estimate of drug-likeness (QED) is 0.729. The van der Waals surface area contributed by atoms with Crippen LogP contribution in [-0.4, -0.2) is 34.0 Å². The van der Waals surface area contributed by atoms with Crippen molar-refractivity contribution in [2.75, 3.05) is 0 Å². The average Bonchev–Trinajstić information content (AvgIpc) is 2.66. The fraction of sp³-hybridized carbons (Fsp3) is 0.875. The zero-order chi connectivity index (χ0) is 14.5. The summed E-state index contributed by atoms with van der Waals surface area (Å²) < 4.78 is 0. The van der Waals surface area contributed by atoms with Crippen LogP contribution in [0.4, 0.5) is 0 Å². The molecule has 0 radical (unpaired) electrons. The fourth-order valence-corrected chi connectivity index (χ4v) is 3.94. The predicted molar refractivity (Wildman–Crippen MR) is 77.4 cm³/mol. The largest absolute Gasteiger partial charge is 0.481 e. The second-order valence-electron chi connectivity index (χ2n) is 6.43. The molecule has 4 nitrogen and oxygen atoms in total. The monoisotopic (exact) mass is 281 g/mol. The summed E-state index contributed by atoms with van der Waals surface area (Å²) in [7, 11) is 0. The van der Waals surface area contributed by atoms with Gasteiger partial charge in [-0.3, -0.25) is 9.59 Å². The molecule has 4 heteroatoms. The predicted octanol–water partition coefficient (Wildman–Crippen LogP) is 3.20. The lowest BCUT2D eigenvalue weighted by Crippen LogP contribution is -2.46. The van der Waals surface area contributed by atoms with E-state index >= 15 is 0 Å². The molecule has 2 rings (SSSR count). The average molecular weight is 281 g/mol. The number of carboxylic acid groups (broad SMARTS) is 1. The minimum Gasteiger partial charge on any atom is -0.481 e. The highest BCUT2D eigenvalue weighted by Gasteiger charge is 2.43. The minimum absolute atomic E-state index is 0.269. The smallest absolute Gasteiger partial charge is 0.303 e. The highest BCUT2D eigenvalue weighted by molar-refractivity contribution is 5.77. The van der Waals surface area contributed by atoms with Crippen LogP contribution in [-0.2, 0) is 9.59 Å². The highest BCUT2D eigenvalue weighted by Crippen LogP contribution is 2.40. The molecule has 2 aliphatic heterocycles. The normalized spacial score (nSPS) is 28.6. The van der Waals surface area contributed by atoms with Gasteiger partial charge >= 0.3 is 5.97 Å². The Bertz CT molecular complexity index is 342. The maximum absolute atomic E-state index is 12.4. The van der Waals surface area contributed by atoms with Crippen molar-refractivity contribution in [3.63, 3.8) is 0 Å². The lowest BCUT2D eigenvalue weighted by molar-refractivity contribution is -0.140. The Balaban J connectivity index is 1.82. The molecule has 114 valence electrons. The number of hydrogen-bond acceptors (Lipinski definition) is 2. The molecule has 2 saturated heterocycles. The van der Waals surface area contributed by atoms with E-state index in [4.69, 9.17) is 5.11 Å². The van der Waals surface area contributed by atoms with Gasteiger partial charge in [-0.25, -0.2) is 0 Å². The van der Waals surface area contributed by atoms with Crippen molar-refractivity contribution in [1.82, 2.24) is 4.90 Å². The Morgan fingerprint density at radius 2 is 1.75 bits per heavy atom. The van der Waals surface area contributed by atoms with Gasteiger partial charge in [0.2, 0.25) is 5.91 Å². The molecule has 0 saturated carbocycles. The Labute approximate surface area is 121 Å². The lowest BCUT2D eigenvalue weighted by atomic mass is 9.88. The molecule has 1 amide bonds. The third-order valence-corrected chi connectivity index (χ3v) is 4.83. The SMILES string of the molecule is CCCCCCC(=O)N1C2CCC1CC(CC(=O)O)C2. The summed E-state index contributed by atoms with van der Waals surface area (Å²) in [6, 6.07) is 0.633. The first-order valence-electron chi connectivity index (χ1n) is 8.14. The summed E-state index contributed by atoms with van der Waals surface area (Å²) >= 11 is 0. The maximum Gasteiger partial charge on any atom is 0.303 e. The summed E-state index contributed by atoms with van der Waals surface area (Å²) in [6.45, 7) is 2.18. The van der Waals surface area contributed by atoms with Gasteiger partial charge in [-0.15, -0.1) is 0 Å². The molecule has 2 atom stereocenters. The second-order valence-corrected chi connectivity index (χ2v) is 6.43. The Hall–Kier alpha value is -1.06. The van der Waals surface area contributed by atoms with E-state index in [1.165, 1.54) is 12.8 Å². The molecule has 2 bridgehead atoms. The summed E-state index contributed by atoms with van der Waals surface area (Å²) in [4.78, 5) is 25.3. The number of carbonyl (C=O) groups is 2. The standard InChI is InChI=1S/C16H27NO3/c1-2-3-4-5-6-15(18)17-13-7-8-14(17)10-12(9-13)11-16(19)20/h12-14H,2-11H2,1H3,(H,19,20). The lowest BCUT2D eigenvalue weighted by Gasteiger charge is -2.38. The van der Waals surface area contributed by atoms with Crippen molar-refractivity contribution < 1.29 is 14.7 Å². The van der Waals surface area contributed by atoms with Gasteiger partial charge in [0.15, 0.2) is 0 Å². The Morgan fingerprint density at radius 1 is 1.10 bits per heavy atom. The van der Waals surface area contributed by atoms with E-state index in [-0.39, 0.29) is 12.3 Å². The molecule has 1 N–H and O–H groups in total. The molecule has 2 aliphatic rings. The number of unbranched alkanes of at least 4 members (excludes halogenated alkanes) is 3. The van der Waals surface area contributed by atoms with Crippen LogP contribution in [0.25, 0.3) is 0 Å². The first-order valence-corrected chi connectivity index (χ1v) is 8.14. The first kappa shape index (κ1) is 15.3. The molecule has 2 fully saturated rings. The summed E-state index contributed by atoms with van der Waals surface area (Å²) in [5, 5.41) is 8.92. The van der Waals surface area contributed by atoms with E-state index in [1.807, 2.05) is 0 Å². The van der Waals surface area contributed by atoms with Crippen molar-refractivity contribution in [3.05, 3.63) is 0 Å². The van der Waals surface area contributed by atoms with Gasteiger partial charge in [-0.2, -0.15) is 0 Å². The Kier molecular flexibility index (Phi) is 5.44. The third-order valence-electron chi connectivity index (χ3n) is 4.83. The first-order chi connectivity index (χ1) is 9.61. The zero-order valence-corrected chi connectivity index (χ0v) is 12.5. The summed E-state index contributed by atoms with van der Waals surface area (Å²) in [5.74, 6) is -0.120. The number of rotatable bonds is 7.